The summed E-state index contributed by atoms with van der Waals surface area (Å²) in [4.78, 5) is 20.9. The van der Waals surface area contributed by atoms with Crippen LogP contribution in [-0.4, -0.2) is 24.0 Å². The summed E-state index contributed by atoms with van der Waals surface area (Å²) in [6.07, 6.45) is 0. The lowest BCUT2D eigenvalue weighted by Gasteiger charge is -2.24. The number of carbonyl (C=O) groups excluding carboxylic acids is 1. The molecule has 0 saturated heterocycles. The molecule has 6 nitrogen and oxygen atoms in total. The van der Waals surface area contributed by atoms with Crippen molar-refractivity contribution < 1.29 is 27.6 Å². The van der Waals surface area contributed by atoms with Crippen LogP contribution in [-0.2, 0) is 11.3 Å². The van der Waals surface area contributed by atoms with Crippen molar-refractivity contribution in [3.63, 3.8) is 0 Å². The molecule has 0 fully saturated rings. The summed E-state index contributed by atoms with van der Waals surface area (Å²) >= 11 is 0. The van der Waals surface area contributed by atoms with Gasteiger partial charge in [-0.3, -0.25) is 19.8 Å². The smallest absolute Gasteiger partial charge is 0.497 e. The van der Waals surface area contributed by atoms with Crippen molar-refractivity contribution in [1.82, 2.24) is 0 Å². The van der Waals surface area contributed by atoms with Crippen LogP contribution in [0.15, 0.2) is 48.5 Å². The molecule has 0 atom stereocenters. The fourth-order valence-electron chi connectivity index (χ4n) is 2.13. The van der Waals surface area contributed by atoms with Crippen molar-refractivity contribution in [3.05, 3.63) is 70.0 Å². The minimum atomic E-state index is -4.89. The number of benzene rings is 2. The normalized spacial score (nSPS) is 11.0. The molecule has 0 aliphatic carbocycles. The maximum absolute atomic E-state index is 14.0. The van der Waals surface area contributed by atoms with E-state index in [1.54, 1.807) is 12.1 Å². The van der Waals surface area contributed by atoms with E-state index in [0.29, 0.717) is 16.2 Å². The summed E-state index contributed by atoms with van der Waals surface area (Å²) in [7, 11) is 1.39. The van der Waals surface area contributed by atoms with E-state index in [1.165, 1.54) is 31.4 Å². The van der Waals surface area contributed by atoms with Crippen molar-refractivity contribution in [2.45, 2.75) is 12.6 Å². The highest BCUT2D eigenvalue weighted by Gasteiger charge is 2.56. The van der Waals surface area contributed by atoms with Gasteiger partial charge in [0.15, 0.2) is 0 Å². The van der Waals surface area contributed by atoms with Crippen LogP contribution < -0.4 is 9.64 Å². The first-order valence-electron chi connectivity index (χ1n) is 6.99. The number of para-hydroxylation sites is 1. The Kier molecular flexibility index (Phi) is 5.26. The minimum Gasteiger partial charge on any atom is -0.497 e. The molecule has 2 aromatic carbocycles. The van der Waals surface area contributed by atoms with Crippen LogP contribution >= 0.6 is 0 Å². The van der Waals surface area contributed by atoms with Crippen molar-refractivity contribution >= 4 is 11.6 Å². The van der Waals surface area contributed by atoms with Crippen LogP contribution in [0.4, 0.5) is 18.9 Å². The molecule has 0 saturated carbocycles. The second-order valence-electron chi connectivity index (χ2n) is 4.99. The van der Waals surface area contributed by atoms with E-state index in [4.69, 9.17) is 4.74 Å². The Morgan fingerprint density at radius 3 is 2.52 bits per heavy atom. The lowest BCUT2D eigenvalue weighted by Crippen LogP contribution is -2.48. The molecule has 25 heavy (non-hydrogen) atoms. The summed E-state index contributed by atoms with van der Waals surface area (Å²) in [5.41, 5.74) is -0.160. The molecule has 0 aliphatic heterocycles. The lowest BCUT2D eigenvalue weighted by molar-refractivity contribution is -0.621. The molecule has 0 bridgehead atoms. The van der Waals surface area contributed by atoms with Gasteiger partial charge in [-0.05, 0) is 29.8 Å². The third-order valence-corrected chi connectivity index (χ3v) is 3.35. The fourth-order valence-corrected chi connectivity index (χ4v) is 2.13. The highest BCUT2D eigenvalue weighted by Crippen LogP contribution is 2.27. The number of anilines is 1. The predicted molar refractivity (Wildman–Crippen MR) is 82.5 cm³/mol. The molecule has 0 heterocycles. The van der Waals surface area contributed by atoms with Crippen LogP contribution in [0.25, 0.3) is 0 Å². The molecular formula is C16H13F3N2O4. The summed E-state index contributed by atoms with van der Waals surface area (Å²) < 4.78 is 46.2. The number of hydrogen-bond acceptors (Lipinski definition) is 4. The number of hydrogen-bond donors (Lipinski definition) is 0. The molecule has 0 spiro atoms. The van der Waals surface area contributed by atoms with Gasteiger partial charge in [-0.15, -0.1) is 8.78 Å². The number of nitro groups is 1. The number of rotatable bonds is 6. The predicted octanol–water partition coefficient (Wildman–Crippen LogP) is 3.24. The van der Waals surface area contributed by atoms with Gasteiger partial charge in [0.1, 0.15) is 16.5 Å². The third kappa shape index (κ3) is 3.87. The van der Waals surface area contributed by atoms with Gasteiger partial charge in [0.2, 0.25) is 0 Å². The molecule has 1 amide bonds. The highest BCUT2D eigenvalue weighted by molar-refractivity contribution is 5.97. The Bertz CT molecular complexity index is 798. The Balaban J connectivity index is 2.47. The number of methoxy groups -OCH3 is 1. The van der Waals surface area contributed by atoms with Gasteiger partial charge in [-0.1, -0.05) is 24.3 Å². The van der Waals surface area contributed by atoms with Gasteiger partial charge in [0.25, 0.3) is 0 Å². The van der Waals surface area contributed by atoms with E-state index in [9.17, 15) is 28.1 Å². The standard InChI is InChI=1S/C16H13F3N2O4/c1-25-12-6-4-5-11(9-12)10-20(14-8-3-2-7-13(14)17)15(22)16(18,19)21(23)24/h2-9H,10H2,1H3. The summed E-state index contributed by atoms with van der Waals surface area (Å²) in [6, 6.07) is 5.87. The second-order valence-corrected chi connectivity index (χ2v) is 4.99. The Labute approximate surface area is 140 Å². The van der Waals surface area contributed by atoms with Crippen LogP contribution in [0.3, 0.4) is 0 Å². The molecule has 0 radical (unpaired) electrons. The maximum Gasteiger partial charge on any atom is 0.594 e. The SMILES string of the molecule is COc1cccc(CN(C(=O)C(F)(F)[N+](=O)[O-])c2ccccc2F)c1. The molecule has 0 N–H and O–H groups in total. The van der Waals surface area contributed by atoms with E-state index >= 15 is 0 Å². The zero-order chi connectivity index (χ0) is 18.6. The minimum absolute atomic E-state index is 0.329. The van der Waals surface area contributed by atoms with E-state index in [0.717, 1.165) is 12.1 Å². The number of alkyl halides is 2. The largest absolute Gasteiger partial charge is 0.594 e. The van der Waals surface area contributed by atoms with Crippen LogP contribution in [0, 0.1) is 15.9 Å². The molecule has 0 aliphatic rings. The van der Waals surface area contributed by atoms with Crippen molar-refractivity contribution in [1.29, 1.82) is 0 Å². The first-order chi connectivity index (χ1) is 11.8. The van der Waals surface area contributed by atoms with Gasteiger partial charge in [-0.25, -0.2) is 4.39 Å². The summed E-state index contributed by atoms with van der Waals surface area (Å²) in [6.45, 7) is -0.500. The zero-order valence-corrected chi connectivity index (χ0v) is 13.0. The van der Waals surface area contributed by atoms with Crippen molar-refractivity contribution in [3.8, 4) is 5.75 Å². The number of amides is 1. The fraction of sp³-hybridized carbons (Fsp3) is 0.188. The molecular weight excluding hydrogens is 341 g/mol. The molecule has 132 valence electrons. The number of nitrogens with zero attached hydrogens (tertiary/aromatic N) is 2. The van der Waals surface area contributed by atoms with Crippen LogP contribution in [0.1, 0.15) is 5.56 Å². The van der Waals surface area contributed by atoms with Gasteiger partial charge < -0.3 is 4.74 Å². The average molecular weight is 354 g/mol. The third-order valence-electron chi connectivity index (χ3n) is 3.35. The van der Waals surface area contributed by atoms with Crippen LogP contribution in [0.5, 0.6) is 5.75 Å². The van der Waals surface area contributed by atoms with E-state index in [2.05, 4.69) is 0 Å². The highest BCUT2D eigenvalue weighted by atomic mass is 19.3. The number of carbonyl (C=O) groups is 1. The Morgan fingerprint density at radius 1 is 1.24 bits per heavy atom. The van der Waals surface area contributed by atoms with Gasteiger partial charge in [0.05, 0.1) is 19.3 Å². The van der Waals surface area contributed by atoms with Crippen molar-refractivity contribution in [2.75, 3.05) is 12.0 Å². The molecule has 2 rings (SSSR count). The molecule has 9 heteroatoms. The molecule has 0 unspecified atom stereocenters. The Hall–Kier alpha value is -3.10. The first-order valence-corrected chi connectivity index (χ1v) is 6.99. The second kappa shape index (κ2) is 7.20. The lowest BCUT2D eigenvalue weighted by atomic mass is 10.1. The topological polar surface area (TPSA) is 72.7 Å². The number of halogens is 3. The summed E-state index contributed by atoms with van der Waals surface area (Å²) in [5.74, 6) is -2.71. The van der Waals surface area contributed by atoms with E-state index in [1.807, 2.05) is 0 Å². The van der Waals surface area contributed by atoms with E-state index < -0.39 is 34.9 Å². The van der Waals surface area contributed by atoms with E-state index in [-0.39, 0.29) is 0 Å². The monoisotopic (exact) mass is 354 g/mol. The van der Waals surface area contributed by atoms with Crippen LogP contribution in [0.2, 0.25) is 0 Å². The average Bonchev–Trinajstić information content (AvgIpc) is 2.59. The maximum atomic E-state index is 14.0. The van der Waals surface area contributed by atoms with Gasteiger partial charge in [0, 0.05) is 0 Å². The van der Waals surface area contributed by atoms with Crippen molar-refractivity contribution in [2.24, 2.45) is 0 Å². The zero-order valence-electron chi connectivity index (χ0n) is 13.0. The Morgan fingerprint density at radius 2 is 1.92 bits per heavy atom. The number of ether oxygens (including phenoxy) is 1. The summed E-state index contributed by atoms with van der Waals surface area (Å²) in [5, 5.41) is 10.5. The quantitative estimate of drug-likeness (QED) is 0.454. The molecule has 2 aromatic rings. The van der Waals surface area contributed by atoms with Gasteiger partial charge in [-0.2, -0.15) is 0 Å². The first kappa shape index (κ1) is 18.2. The molecule has 0 aromatic heterocycles. The van der Waals surface area contributed by atoms with Gasteiger partial charge >= 0.3 is 12.0 Å².